The summed E-state index contributed by atoms with van der Waals surface area (Å²) in [6.07, 6.45) is 28.9. The van der Waals surface area contributed by atoms with Gasteiger partial charge in [-0.25, -0.2) is 0 Å². The number of hydrogen-bond acceptors (Lipinski definition) is 0. The van der Waals surface area contributed by atoms with Crippen LogP contribution in [-0.2, 0) is 0 Å². The molecule has 0 N–H and O–H groups in total. The maximum absolute atomic E-state index is 2.63. The Balaban J connectivity index is 1.75. The van der Waals surface area contributed by atoms with E-state index in [1.807, 2.05) is 0 Å². The first-order valence-corrected chi connectivity index (χ1v) is 9.20. The maximum Gasteiger partial charge on any atom is 0.0197 e. The third-order valence-corrected chi connectivity index (χ3v) is 6.53. The minimum atomic E-state index is 0.369. The molecule has 2 fully saturated rings. The van der Waals surface area contributed by atoms with Crippen LogP contribution < -0.4 is 0 Å². The summed E-state index contributed by atoms with van der Waals surface area (Å²) in [6, 6.07) is 0. The van der Waals surface area contributed by atoms with Crippen molar-refractivity contribution < 1.29 is 0 Å². The van der Waals surface area contributed by atoms with Crippen molar-refractivity contribution in [1.82, 2.24) is 0 Å². The predicted molar refractivity (Wildman–Crippen MR) is 90.0 cm³/mol. The lowest BCUT2D eigenvalue weighted by molar-refractivity contribution is 0.105. The van der Waals surface area contributed by atoms with E-state index in [0.717, 1.165) is 11.8 Å². The van der Waals surface area contributed by atoms with Gasteiger partial charge >= 0.3 is 0 Å². The Morgan fingerprint density at radius 3 is 1.95 bits per heavy atom. The summed E-state index contributed by atoms with van der Waals surface area (Å²) in [5, 5.41) is 0. The molecule has 0 unspecified atom stereocenters. The first-order valence-electron chi connectivity index (χ1n) is 9.20. The highest BCUT2D eigenvalue weighted by Gasteiger charge is 2.47. The fourth-order valence-corrected chi connectivity index (χ4v) is 5.58. The highest BCUT2D eigenvalue weighted by atomic mass is 14.5. The van der Waals surface area contributed by atoms with Crippen molar-refractivity contribution >= 4 is 0 Å². The third kappa shape index (κ3) is 2.18. The van der Waals surface area contributed by atoms with Crippen molar-refractivity contribution in [3.05, 3.63) is 47.6 Å². The minimum absolute atomic E-state index is 0.369. The number of fused-ring (bicyclic) bond motifs is 1. The zero-order valence-electron chi connectivity index (χ0n) is 13.2. The van der Waals surface area contributed by atoms with Crippen molar-refractivity contribution in [1.29, 1.82) is 0 Å². The standard InChI is InChI=1S/C21H28/c1-3-11-18(12-4-1)21(19-13-5-2-6-14-19)16-8-10-17-9-7-15-20(17)21/h7-10,15-16,18-19H,1-6,11-14H2. The summed E-state index contributed by atoms with van der Waals surface area (Å²) in [6.45, 7) is 0. The molecule has 0 nitrogen and oxygen atoms in total. The molecular formula is C21H28. The molecule has 21 heavy (non-hydrogen) atoms. The van der Waals surface area contributed by atoms with Crippen LogP contribution in [0.15, 0.2) is 47.6 Å². The van der Waals surface area contributed by atoms with E-state index in [9.17, 15) is 0 Å². The molecule has 0 spiro atoms. The second kappa shape index (κ2) is 5.63. The largest absolute Gasteiger partial charge is 0.0733 e. The molecule has 0 aromatic heterocycles. The van der Waals surface area contributed by atoms with Crippen molar-refractivity contribution in [2.24, 2.45) is 17.3 Å². The second-order valence-corrected chi connectivity index (χ2v) is 7.52. The summed E-state index contributed by atoms with van der Waals surface area (Å²) < 4.78 is 0. The Hall–Kier alpha value is -1.04. The molecular weight excluding hydrogens is 252 g/mol. The topological polar surface area (TPSA) is 0 Å². The van der Waals surface area contributed by atoms with E-state index in [4.69, 9.17) is 0 Å². The van der Waals surface area contributed by atoms with Crippen LogP contribution in [0.25, 0.3) is 0 Å². The molecule has 2 saturated carbocycles. The first kappa shape index (κ1) is 13.6. The highest BCUT2D eigenvalue weighted by molar-refractivity contribution is 5.58. The van der Waals surface area contributed by atoms with Gasteiger partial charge in [0.05, 0.1) is 0 Å². The molecule has 0 amide bonds. The molecule has 0 heteroatoms. The van der Waals surface area contributed by atoms with Crippen LogP contribution in [0.1, 0.15) is 64.2 Å². The van der Waals surface area contributed by atoms with Crippen LogP contribution >= 0.6 is 0 Å². The van der Waals surface area contributed by atoms with E-state index in [-0.39, 0.29) is 0 Å². The van der Waals surface area contributed by atoms with Crippen LogP contribution in [0.4, 0.5) is 0 Å². The molecule has 0 aliphatic heterocycles. The van der Waals surface area contributed by atoms with Gasteiger partial charge in [0.25, 0.3) is 0 Å². The van der Waals surface area contributed by atoms with Gasteiger partial charge in [0, 0.05) is 5.41 Å². The smallest absolute Gasteiger partial charge is 0.0197 e. The molecule has 0 radical (unpaired) electrons. The van der Waals surface area contributed by atoms with Crippen molar-refractivity contribution in [3.63, 3.8) is 0 Å². The van der Waals surface area contributed by atoms with Gasteiger partial charge in [-0.3, -0.25) is 0 Å². The van der Waals surface area contributed by atoms with Crippen LogP contribution in [0.3, 0.4) is 0 Å². The fourth-order valence-electron chi connectivity index (χ4n) is 5.58. The van der Waals surface area contributed by atoms with Crippen LogP contribution in [0, 0.1) is 17.3 Å². The monoisotopic (exact) mass is 280 g/mol. The van der Waals surface area contributed by atoms with Gasteiger partial charge in [0.1, 0.15) is 0 Å². The molecule has 4 rings (SSSR count). The van der Waals surface area contributed by atoms with Gasteiger partial charge in [-0.05, 0) is 48.7 Å². The van der Waals surface area contributed by atoms with E-state index in [1.165, 1.54) is 69.8 Å². The maximum atomic E-state index is 2.63. The van der Waals surface area contributed by atoms with E-state index >= 15 is 0 Å². The minimum Gasteiger partial charge on any atom is -0.0733 e. The molecule has 112 valence electrons. The molecule has 0 bridgehead atoms. The van der Waals surface area contributed by atoms with E-state index < -0.39 is 0 Å². The van der Waals surface area contributed by atoms with Crippen molar-refractivity contribution in [3.8, 4) is 0 Å². The zero-order valence-corrected chi connectivity index (χ0v) is 13.2. The molecule has 0 atom stereocenters. The number of rotatable bonds is 2. The Morgan fingerprint density at radius 1 is 0.714 bits per heavy atom. The quantitative estimate of drug-likeness (QED) is 0.571. The average Bonchev–Trinajstić information content (AvgIpc) is 3.05. The van der Waals surface area contributed by atoms with E-state index in [0.29, 0.717) is 5.41 Å². The second-order valence-electron chi connectivity index (χ2n) is 7.52. The summed E-state index contributed by atoms with van der Waals surface area (Å²) in [5.74, 6) is 1.78. The van der Waals surface area contributed by atoms with Crippen LogP contribution in [0.5, 0.6) is 0 Å². The molecule has 4 aliphatic rings. The summed E-state index contributed by atoms with van der Waals surface area (Å²) in [5.41, 5.74) is 3.55. The van der Waals surface area contributed by atoms with Gasteiger partial charge in [-0.2, -0.15) is 0 Å². The van der Waals surface area contributed by atoms with Gasteiger partial charge < -0.3 is 0 Å². The Kier molecular flexibility index (Phi) is 3.65. The molecule has 0 heterocycles. The highest BCUT2D eigenvalue weighted by Crippen LogP contribution is 2.57. The SMILES string of the molecule is C1=CC2=CC=CC(C3CCCCC3)(C3CCCCC3)C2=C1. The van der Waals surface area contributed by atoms with E-state index in [2.05, 4.69) is 36.5 Å². The normalized spacial score (nSPS) is 29.1. The summed E-state index contributed by atoms with van der Waals surface area (Å²) in [4.78, 5) is 0. The van der Waals surface area contributed by atoms with Crippen molar-refractivity contribution in [2.45, 2.75) is 64.2 Å². The Bertz CT molecular complexity index is 484. The van der Waals surface area contributed by atoms with Crippen LogP contribution in [-0.4, -0.2) is 0 Å². The van der Waals surface area contributed by atoms with E-state index in [1.54, 1.807) is 5.57 Å². The third-order valence-electron chi connectivity index (χ3n) is 6.53. The summed E-state index contributed by atoms with van der Waals surface area (Å²) >= 11 is 0. The predicted octanol–water partition coefficient (Wildman–Crippen LogP) is 6.13. The first-order chi connectivity index (χ1) is 10.4. The lowest BCUT2D eigenvalue weighted by Gasteiger charge is -2.50. The van der Waals surface area contributed by atoms with Gasteiger partial charge in [0.2, 0.25) is 0 Å². The average molecular weight is 280 g/mol. The Morgan fingerprint density at radius 2 is 1.33 bits per heavy atom. The summed E-state index contributed by atoms with van der Waals surface area (Å²) in [7, 11) is 0. The number of hydrogen-bond donors (Lipinski definition) is 0. The zero-order chi connectivity index (χ0) is 14.1. The fraction of sp³-hybridized carbons (Fsp3) is 0.619. The number of allylic oxidation sites excluding steroid dienone is 8. The molecule has 0 aromatic rings. The molecule has 0 aromatic carbocycles. The molecule has 0 saturated heterocycles. The molecule has 4 aliphatic carbocycles. The Labute approximate surface area is 129 Å². The van der Waals surface area contributed by atoms with Gasteiger partial charge in [0.15, 0.2) is 0 Å². The van der Waals surface area contributed by atoms with Crippen molar-refractivity contribution in [2.75, 3.05) is 0 Å². The lowest BCUT2D eigenvalue weighted by Crippen LogP contribution is -2.41. The van der Waals surface area contributed by atoms with Gasteiger partial charge in [-0.15, -0.1) is 0 Å². The van der Waals surface area contributed by atoms with Crippen LogP contribution in [0.2, 0.25) is 0 Å². The lowest BCUT2D eigenvalue weighted by atomic mass is 9.54. The van der Waals surface area contributed by atoms with Gasteiger partial charge in [-0.1, -0.05) is 75.0 Å².